The molecule has 0 amide bonds. The lowest BCUT2D eigenvalue weighted by Crippen LogP contribution is -2.25. The van der Waals surface area contributed by atoms with E-state index in [1.54, 1.807) is 6.08 Å². The summed E-state index contributed by atoms with van der Waals surface area (Å²) in [6, 6.07) is 10.1. The van der Waals surface area contributed by atoms with E-state index < -0.39 is 0 Å². The molecule has 0 saturated heterocycles. The molecule has 0 saturated carbocycles. The fraction of sp³-hybridized carbons (Fsp3) is 0.474. The lowest BCUT2D eigenvalue weighted by Gasteiger charge is -2.25. The van der Waals surface area contributed by atoms with Crippen LogP contribution in [0.2, 0.25) is 0 Å². The molecule has 0 aliphatic rings. The summed E-state index contributed by atoms with van der Waals surface area (Å²) in [7, 11) is 0. The van der Waals surface area contributed by atoms with Crippen LogP contribution in [0.25, 0.3) is 6.08 Å². The SMILES string of the molecule is CCCCN(CCCC)c1ccc(C=C(C#N)C#N)c(C)c1. The van der Waals surface area contributed by atoms with Gasteiger partial charge in [-0.25, -0.2) is 0 Å². The molecule has 0 aliphatic heterocycles. The van der Waals surface area contributed by atoms with E-state index in [-0.39, 0.29) is 5.57 Å². The van der Waals surface area contributed by atoms with Gasteiger partial charge in [-0.3, -0.25) is 0 Å². The van der Waals surface area contributed by atoms with E-state index in [4.69, 9.17) is 10.5 Å². The van der Waals surface area contributed by atoms with Crippen LogP contribution >= 0.6 is 0 Å². The van der Waals surface area contributed by atoms with Crippen LogP contribution < -0.4 is 4.90 Å². The lowest BCUT2D eigenvalue weighted by atomic mass is 10.0. The predicted molar refractivity (Wildman–Crippen MR) is 92.4 cm³/mol. The van der Waals surface area contributed by atoms with E-state index in [0.717, 1.165) is 24.2 Å². The van der Waals surface area contributed by atoms with Crippen molar-refractivity contribution in [2.24, 2.45) is 0 Å². The van der Waals surface area contributed by atoms with Crippen molar-refractivity contribution in [3.8, 4) is 12.1 Å². The van der Waals surface area contributed by atoms with Gasteiger partial charge in [-0.05, 0) is 49.1 Å². The van der Waals surface area contributed by atoms with Gasteiger partial charge in [-0.1, -0.05) is 32.8 Å². The Hall–Kier alpha value is -2.26. The Balaban J connectivity index is 3.00. The Kier molecular flexibility index (Phi) is 7.79. The molecule has 0 fully saturated rings. The topological polar surface area (TPSA) is 50.8 Å². The average molecular weight is 295 g/mol. The highest BCUT2D eigenvalue weighted by Crippen LogP contribution is 2.22. The molecule has 0 radical (unpaired) electrons. The number of aryl methyl sites for hydroxylation is 1. The van der Waals surface area contributed by atoms with Gasteiger partial charge in [0.15, 0.2) is 0 Å². The summed E-state index contributed by atoms with van der Waals surface area (Å²) >= 11 is 0. The minimum atomic E-state index is 0.143. The van der Waals surface area contributed by atoms with Crippen LogP contribution in [0.15, 0.2) is 23.8 Å². The van der Waals surface area contributed by atoms with Crippen LogP contribution in [-0.2, 0) is 0 Å². The van der Waals surface area contributed by atoms with Gasteiger partial charge in [0.25, 0.3) is 0 Å². The molecule has 116 valence electrons. The molecule has 1 aromatic rings. The number of hydrogen-bond acceptors (Lipinski definition) is 3. The third-order valence-corrected chi connectivity index (χ3v) is 3.72. The van der Waals surface area contributed by atoms with Gasteiger partial charge in [0.1, 0.15) is 17.7 Å². The van der Waals surface area contributed by atoms with E-state index >= 15 is 0 Å². The Bertz CT molecular complexity index is 564. The maximum atomic E-state index is 8.87. The first-order chi connectivity index (χ1) is 10.7. The molecular formula is C19H25N3. The number of nitriles is 2. The number of rotatable bonds is 8. The highest BCUT2D eigenvalue weighted by atomic mass is 15.1. The fourth-order valence-corrected chi connectivity index (χ4v) is 2.33. The second-order valence-corrected chi connectivity index (χ2v) is 5.52. The van der Waals surface area contributed by atoms with Crippen LogP contribution in [0.3, 0.4) is 0 Å². The Morgan fingerprint density at radius 3 is 2.14 bits per heavy atom. The molecule has 1 aromatic carbocycles. The smallest absolute Gasteiger partial charge is 0.130 e. The molecule has 3 heteroatoms. The van der Waals surface area contributed by atoms with Crippen LogP contribution in [-0.4, -0.2) is 13.1 Å². The van der Waals surface area contributed by atoms with Crippen molar-refractivity contribution in [2.75, 3.05) is 18.0 Å². The monoisotopic (exact) mass is 295 g/mol. The minimum absolute atomic E-state index is 0.143. The number of nitrogens with zero attached hydrogens (tertiary/aromatic N) is 3. The van der Waals surface area contributed by atoms with Gasteiger partial charge >= 0.3 is 0 Å². The molecule has 22 heavy (non-hydrogen) atoms. The van der Waals surface area contributed by atoms with Gasteiger partial charge < -0.3 is 4.90 Å². The van der Waals surface area contributed by atoms with E-state index in [1.807, 2.05) is 25.1 Å². The standard InChI is InChI=1S/C19H25N3/c1-4-6-10-22(11-7-5-2)19-9-8-18(16(3)12-19)13-17(14-20)15-21/h8-9,12-13H,4-7,10-11H2,1-3H3. The van der Waals surface area contributed by atoms with Crippen molar-refractivity contribution in [3.05, 3.63) is 34.9 Å². The van der Waals surface area contributed by atoms with Gasteiger partial charge in [-0.15, -0.1) is 0 Å². The molecule has 0 aliphatic carbocycles. The van der Waals surface area contributed by atoms with Crippen molar-refractivity contribution >= 4 is 11.8 Å². The lowest BCUT2D eigenvalue weighted by molar-refractivity contribution is 0.678. The third-order valence-electron chi connectivity index (χ3n) is 3.72. The summed E-state index contributed by atoms with van der Waals surface area (Å²) in [5, 5.41) is 17.7. The summed E-state index contributed by atoms with van der Waals surface area (Å²) in [4.78, 5) is 2.43. The Morgan fingerprint density at radius 2 is 1.68 bits per heavy atom. The van der Waals surface area contributed by atoms with Gasteiger partial charge in [-0.2, -0.15) is 10.5 Å². The highest BCUT2D eigenvalue weighted by Gasteiger charge is 2.07. The number of anilines is 1. The van der Waals surface area contributed by atoms with Crippen LogP contribution in [0.4, 0.5) is 5.69 Å². The van der Waals surface area contributed by atoms with Gasteiger partial charge in [0, 0.05) is 18.8 Å². The van der Waals surface area contributed by atoms with Crippen molar-refractivity contribution in [3.63, 3.8) is 0 Å². The van der Waals surface area contributed by atoms with Gasteiger partial charge in [0.05, 0.1) is 0 Å². The van der Waals surface area contributed by atoms with Crippen molar-refractivity contribution in [1.29, 1.82) is 10.5 Å². The fourth-order valence-electron chi connectivity index (χ4n) is 2.33. The van der Waals surface area contributed by atoms with E-state index in [1.165, 1.54) is 31.4 Å². The summed E-state index contributed by atoms with van der Waals surface area (Å²) in [5.74, 6) is 0. The molecule has 1 rings (SSSR count). The van der Waals surface area contributed by atoms with Crippen LogP contribution in [0.5, 0.6) is 0 Å². The molecule has 0 heterocycles. The number of allylic oxidation sites excluding steroid dienone is 1. The summed E-state index contributed by atoms with van der Waals surface area (Å²) in [6.45, 7) is 8.60. The normalized spacial score (nSPS) is 9.68. The quantitative estimate of drug-likeness (QED) is 0.645. The maximum absolute atomic E-state index is 8.87. The number of unbranched alkanes of at least 4 members (excludes halogenated alkanes) is 2. The second kappa shape index (κ2) is 9.64. The first-order valence-corrected chi connectivity index (χ1v) is 8.03. The van der Waals surface area contributed by atoms with E-state index in [0.29, 0.717) is 0 Å². The number of benzene rings is 1. The molecule has 3 nitrogen and oxygen atoms in total. The molecule has 0 N–H and O–H groups in total. The van der Waals surface area contributed by atoms with Crippen molar-refractivity contribution < 1.29 is 0 Å². The zero-order valence-corrected chi connectivity index (χ0v) is 13.9. The zero-order chi connectivity index (χ0) is 16.4. The average Bonchev–Trinajstić information content (AvgIpc) is 2.54. The second-order valence-electron chi connectivity index (χ2n) is 5.52. The van der Waals surface area contributed by atoms with Gasteiger partial charge in [0.2, 0.25) is 0 Å². The molecule has 0 bridgehead atoms. The summed E-state index contributed by atoms with van der Waals surface area (Å²) in [5.41, 5.74) is 3.41. The predicted octanol–water partition coefficient (Wildman–Crippen LogP) is 4.83. The minimum Gasteiger partial charge on any atom is -0.372 e. The number of hydrogen-bond donors (Lipinski definition) is 0. The third kappa shape index (κ3) is 5.26. The Labute approximate surface area is 134 Å². The van der Waals surface area contributed by atoms with Crippen LogP contribution in [0, 0.1) is 29.6 Å². The van der Waals surface area contributed by atoms with Crippen molar-refractivity contribution in [2.45, 2.75) is 46.5 Å². The first-order valence-electron chi connectivity index (χ1n) is 8.03. The largest absolute Gasteiger partial charge is 0.372 e. The Morgan fingerprint density at radius 1 is 1.09 bits per heavy atom. The molecule has 0 atom stereocenters. The maximum Gasteiger partial charge on any atom is 0.130 e. The van der Waals surface area contributed by atoms with Crippen molar-refractivity contribution in [1.82, 2.24) is 0 Å². The van der Waals surface area contributed by atoms with E-state index in [9.17, 15) is 0 Å². The van der Waals surface area contributed by atoms with Crippen LogP contribution in [0.1, 0.15) is 50.7 Å². The van der Waals surface area contributed by atoms with E-state index in [2.05, 4.69) is 30.9 Å². The molecule has 0 unspecified atom stereocenters. The highest BCUT2D eigenvalue weighted by molar-refractivity contribution is 5.66. The first kappa shape index (κ1) is 17.8. The molecule has 0 spiro atoms. The zero-order valence-electron chi connectivity index (χ0n) is 13.9. The summed E-state index contributed by atoms with van der Waals surface area (Å²) in [6.07, 6.45) is 6.42. The summed E-state index contributed by atoms with van der Waals surface area (Å²) < 4.78 is 0. The molecule has 0 aromatic heterocycles. The molecular weight excluding hydrogens is 270 g/mol.